The summed E-state index contributed by atoms with van der Waals surface area (Å²) in [6.07, 6.45) is 0. The molecular weight excluding hydrogens is 388 g/mol. The molecule has 0 fully saturated rings. The van der Waals surface area contributed by atoms with Crippen molar-refractivity contribution >= 4 is 11.6 Å². The molecule has 7 heteroatoms. The van der Waals surface area contributed by atoms with E-state index in [4.69, 9.17) is 16.3 Å². The van der Waals surface area contributed by atoms with Crippen LogP contribution in [0.3, 0.4) is 0 Å². The van der Waals surface area contributed by atoms with Crippen molar-refractivity contribution in [2.24, 2.45) is 7.05 Å². The van der Waals surface area contributed by atoms with E-state index in [1.807, 2.05) is 73.7 Å². The summed E-state index contributed by atoms with van der Waals surface area (Å²) in [6.45, 7) is 2.26. The van der Waals surface area contributed by atoms with Crippen molar-refractivity contribution in [3.05, 3.63) is 93.4 Å². The normalized spacial score (nSPS) is 10.9. The molecule has 0 bridgehead atoms. The van der Waals surface area contributed by atoms with Crippen LogP contribution in [0.4, 0.5) is 0 Å². The van der Waals surface area contributed by atoms with Gasteiger partial charge in [0.2, 0.25) is 0 Å². The zero-order valence-corrected chi connectivity index (χ0v) is 16.8. The number of rotatable bonds is 5. The van der Waals surface area contributed by atoms with Gasteiger partial charge in [-0.05, 0) is 52.7 Å². The molecule has 0 spiro atoms. The topological polar surface area (TPSA) is 61.9 Å². The average Bonchev–Trinajstić information content (AvgIpc) is 3.06. The minimum Gasteiger partial charge on any atom is -0.489 e. The van der Waals surface area contributed by atoms with Crippen LogP contribution in [0.15, 0.2) is 71.5 Å². The molecule has 0 atom stereocenters. The summed E-state index contributed by atoms with van der Waals surface area (Å²) < 4.78 is 8.55. The highest BCUT2D eigenvalue weighted by atomic mass is 35.5. The van der Waals surface area contributed by atoms with E-state index in [9.17, 15) is 4.79 Å². The van der Waals surface area contributed by atoms with Crippen molar-refractivity contribution in [1.82, 2.24) is 19.8 Å². The number of nitrogens with zero attached hydrogens (tertiary/aromatic N) is 4. The van der Waals surface area contributed by atoms with E-state index >= 15 is 0 Å². The number of aromatic nitrogens is 4. The Bertz CT molecular complexity index is 1230. The Morgan fingerprint density at radius 3 is 2.55 bits per heavy atom. The highest BCUT2D eigenvalue weighted by Crippen LogP contribution is 2.30. The Morgan fingerprint density at radius 1 is 1.00 bits per heavy atom. The van der Waals surface area contributed by atoms with Crippen LogP contribution in [0.25, 0.3) is 16.8 Å². The van der Waals surface area contributed by atoms with Crippen molar-refractivity contribution in [3.8, 4) is 22.6 Å². The lowest BCUT2D eigenvalue weighted by molar-refractivity contribution is 0.305. The summed E-state index contributed by atoms with van der Waals surface area (Å²) in [6, 6.07) is 21.2. The van der Waals surface area contributed by atoms with Gasteiger partial charge < -0.3 is 4.74 Å². The first-order valence-corrected chi connectivity index (χ1v) is 9.48. The van der Waals surface area contributed by atoms with Crippen molar-refractivity contribution in [3.63, 3.8) is 0 Å². The van der Waals surface area contributed by atoms with Crippen molar-refractivity contribution < 1.29 is 4.74 Å². The van der Waals surface area contributed by atoms with Gasteiger partial charge in [0.25, 0.3) is 0 Å². The van der Waals surface area contributed by atoms with Gasteiger partial charge in [0.05, 0.1) is 5.69 Å². The van der Waals surface area contributed by atoms with E-state index < -0.39 is 0 Å². The summed E-state index contributed by atoms with van der Waals surface area (Å²) in [5.41, 5.74) is 4.15. The van der Waals surface area contributed by atoms with Crippen molar-refractivity contribution in [2.75, 3.05) is 0 Å². The third kappa shape index (κ3) is 3.79. The third-order valence-corrected chi connectivity index (χ3v) is 5.07. The molecule has 4 aromatic rings. The molecule has 0 saturated carbocycles. The summed E-state index contributed by atoms with van der Waals surface area (Å²) in [5, 5.41) is 8.44. The first-order valence-electron chi connectivity index (χ1n) is 9.10. The highest BCUT2D eigenvalue weighted by Gasteiger charge is 2.14. The summed E-state index contributed by atoms with van der Waals surface area (Å²) >= 11 is 6.32. The summed E-state index contributed by atoms with van der Waals surface area (Å²) in [5.74, 6) is 0.711. The lowest BCUT2D eigenvalue weighted by atomic mass is 10.1. The number of benzene rings is 3. The van der Waals surface area contributed by atoms with Crippen LogP contribution in [-0.4, -0.2) is 19.8 Å². The van der Waals surface area contributed by atoms with E-state index in [0.717, 1.165) is 22.3 Å². The van der Waals surface area contributed by atoms with Gasteiger partial charge in [-0.3, -0.25) is 0 Å². The van der Waals surface area contributed by atoms with Gasteiger partial charge in [-0.15, -0.1) is 0 Å². The lowest BCUT2D eigenvalue weighted by Gasteiger charge is -2.14. The monoisotopic (exact) mass is 406 g/mol. The van der Waals surface area contributed by atoms with Gasteiger partial charge in [-0.2, -0.15) is 9.36 Å². The van der Waals surface area contributed by atoms with E-state index in [1.165, 1.54) is 9.36 Å². The average molecular weight is 407 g/mol. The number of hydrogen-bond acceptors (Lipinski definition) is 4. The third-order valence-electron chi connectivity index (χ3n) is 4.74. The number of tetrazole rings is 1. The predicted molar refractivity (Wildman–Crippen MR) is 113 cm³/mol. The molecule has 3 aromatic carbocycles. The smallest absolute Gasteiger partial charge is 0.368 e. The molecule has 0 aliphatic rings. The van der Waals surface area contributed by atoms with Gasteiger partial charge >= 0.3 is 5.69 Å². The first-order chi connectivity index (χ1) is 14.0. The number of ether oxygens (including phenoxy) is 1. The second-order valence-electron chi connectivity index (χ2n) is 6.67. The zero-order chi connectivity index (χ0) is 20.4. The molecule has 0 aliphatic heterocycles. The minimum absolute atomic E-state index is 0.289. The summed E-state index contributed by atoms with van der Waals surface area (Å²) in [4.78, 5) is 12.3. The second kappa shape index (κ2) is 7.93. The van der Waals surface area contributed by atoms with Gasteiger partial charge in [0.1, 0.15) is 12.4 Å². The maximum absolute atomic E-state index is 12.3. The van der Waals surface area contributed by atoms with E-state index in [2.05, 4.69) is 10.4 Å². The van der Waals surface area contributed by atoms with Crippen LogP contribution < -0.4 is 10.4 Å². The molecule has 0 N–H and O–H groups in total. The fraction of sp³-hybridized carbons (Fsp3) is 0.136. The molecule has 0 unspecified atom stereocenters. The largest absolute Gasteiger partial charge is 0.489 e. The highest BCUT2D eigenvalue weighted by molar-refractivity contribution is 6.33. The molecule has 0 radical (unpaired) electrons. The molecule has 0 saturated heterocycles. The lowest BCUT2D eigenvalue weighted by Crippen LogP contribution is -2.23. The fourth-order valence-corrected chi connectivity index (χ4v) is 3.39. The molecular formula is C22H19ClN4O2. The Morgan fingerprint density at radius 2 is 1.79 bits per heavy atom. The van der Waals surface area contributed by atoms with Crippen LogP contribution in [0.1, 0.15) is 11.1 Å². The standard InChI is InChI=1S/C22H19ClN4O2/c1-15-7-5-12-21(27-22(28)26(2)24-25-27)19(15)14-29-17-9-6-8-16(13-17)18-10-3-4-11-20(18)23/h3-13H,14H2,1-2H3. The molecule has 1 aromatic heterocycles. The van der Waals surface area contributed by atoms with Gasteiger partial charge in [-0.1, -0.05) is 54.1 Å². The molecule has 0 amide bonds. The zero-order valence-electron chi connectivity index (χ0n) is 16.0. The molecule has 6 nitrogen and oxygen atoms in total. The van der Waals surface area contributed by atoms with Crippen LogP contribution in [0.5, 0.6) is 5.75 Å². The second-order valence-corrected chi connectivity index (χ2v) is 7.07. The van der Waals surface area contributed by atoms with Gasteiger partial charge in [0, 0.05) is 23.2 Å². The quantitative estimate of drug-likeness (QED) is 0.499. The van der Waals surface area contributed by atoms with E-state index in [-0.39, 0.29) is 12.3 Å². The summed E-state index contributed by atoms with van der Waals surface area (Å²) in [7, 11) is 1.57. The molecule has 29 heavy (non-hydrogen) atoms. The predicted octanol–water partition coefficient (Wildman–Crippen LogP) is 4.17. The fourth-order valence-electron chi connectivity index (χ4n) is 3.14. The van der Waals surface area contributed by atoms with E-state index in [0.29, 0.717) is 16.5 Å². The van der Waals surface area contributed by atoms with Crippen molar-refractivity contribution in [1.29, 1.82) is 0 Å². The molecule has 146 valence electrons. The van der Waals surface area contributed by atoms with Crippen LogP contribution in [-0.2, 0) is 13.7 Å². The molecule has 0 aliphatic carbocycles. The van der Waals surface area contributed by atoms with Gasteiger partial charge in [-0.25, -0.2) is 4.79 Å². The Hall–Kier alpha value is -3.38. The van der Waals surface area contributed by atoms with Crippen LogP contribution >= 0.6 is 11.6 Å². The van der Waals surface area contributed by atoms with E-state index in [1.54, 1.807) is 7.05 Å². The Kier molecular flexibility index (Phi) is 5.18. The molecule has 4 rings (SSSR count). The first kappa shape index (κ1) is 19.0. The Labute approximate surface area is 172 Å². The van der Waals surface area contributed by atoms with Gasteiger partial charge in [0.15, 0.2) is 0 Å². The Balaban J connectivity index is 1.64. The maximum Gasteiger partial charge on any atom is 0.368 e. The van der Waals surface area contributed by atoms with Crippen molar-refractivity contribution in [2.45, 2.75) is 13.5 Å². The number of aryl methyl sites for hydroxylation is 2. The SMILES string of the molecule is Cc1cccc(-n2nnn(C)c2=O)c1COc1cccc(-c2ccccc2Cl)c1. The number of halogens is 1. The maximum atomic E-state index is 12.3. The number of hydrogen-bond donors (Lipinski definition) is 0. The van der Waals surface area contributed by atoms with Crippen LogP contribution in [0, 0.1) is 6.92 Å². The van der Waals surface area contributed by atoms with Crippen LogP contribution in [0.2, 0.25) is 5.02 Å². The molecule has 1 heterocycles. The minimum atomic E-state index is -0.308.